The lowest BCUT2D eigenvalue weighted by molar-refractivity contribution is 0.386. The molecule has 0 saturated carbocycles. The van der Waals surface area contributed by atoms with E-state index in [0.29, 0.717) is 32.0 Å². The molecule has 1 aromatic heterocycles. The maximum Gasteiger partial charge on any atom is 0.245 e. The quantitative estimate of drug-likeness (QED) is 0.779. The zero-order valence-corrected chi connectivity index (χ0v) is 11.9. The van der Waals surface area contributed by atoms with Crippen LogP contribution in [0.2, 0.25) is 10.4 Å². The van der Waals surface area contributed by atoms with Gasteiger partial charge in [-0.25, -0.2) is 8.42 Å². The summed E-state index contributed by atoms with van der Waals surface area (Å²) < 4.78 is 24.2. The van der Waals surface area contributed by atoms with Crippen LogP contribution >= 0.6 is 23.2 Å². The number of anilines is 1. The fourth-order valence-corrected chi connectivity index (χ4v) is 2.86. The van der Waals surface area contributed by atoms with Crippen LogP contribution in [0.3, 0.4) is 0 Å². The van der Waals surface area contributed by atoms with E-state index >= 15 is 0 Å². The molecule has 1 aromatic rings. The van der Waals surface area contributed by atoms with Crippen LogP contribution in [0.15, 0.2) is 0 Å². The Balaban J connectivity index is 2.12. The maximum absolute atomic E-state index is 11.4. The number of aromatic nitrogens is 3. The Hall–Kier alpha value is -0.700. The molecule has 1 aliphatic heterocycles. The summed E-state index contributed by atoms with van der Waals surface area (Å²) in [6, 6.07) is 0. The molecule has 0 unspecified atom stereocenters. The minimum Gasteiger partial charge on any atom is -0.351 e. The van der Waals surface area contributed by atoms with E-state index in [0.717, 1.165) is 0 Å². The number of piperazine rings is 1. The predicted molar refractivity (Wildman–Crippen MR) is 68.5 cm³/mol. The Labute approximate surface area is 115 Å². The molecule has 0 aromatic carbocycles. The molecule has 18 heavy (non-hydrogen) atoms. The Kier molecular flexibility index (Phi) is 3.90. The molecule has 10 heteroatoms. The summed E-state index contributed by atoms with van der Waals surface area (Å²) in [4.78, 5) is 5.84. The molecule has 0 amide bonds. The molecule has 1 saturated heterocycles. The average Bonchev–Trinajstić information content (AvgIpc) is 2.31. The van der Waals surface area contributed by atoms with Crippen molar-refractivity contribution in [3.63, 3.8) is 0 Å². The van der Waals surface area contributed by atoms with Crippen molar-refractivity contribution in [2.24, 2.45) is 0 Å². The number of sulfonamides is 1. The molecule has 2 rings (SSSR count). The Morgan fingerprint density at radius 2 is 1.72 bits per heavy atom. The van der Waals surface area contributed by atoms with E-state index in [2.05, 4.69) is 15.2 Å². The zero-order valence-electron chi connectivity index (χ0n) is 9.55. The van der Waals surface area contributed by atoms with Crippen LogP contribution in [0.25, 0.3) is 0 Å². The van der Waals surface area contributed by atoms with Crippen LogP contribution in [0, 0.1) is 0 Å². The van der Waals surface area contributed by atoms with Crippen LogP contribution < -0.4 is 4.90 Å². The molecule has 7 nitrogen and oxygen atoms in total. The molecule has 0 spiro atoms. The zero-order chi connectivity index (χ0) is 13.3. The molecule has 100 valence electrons. The van der Waals surface area contributed by atoms with Crippen LogP contribution in [-0.4, -0.2) is 60.3 Å². The highest BCUT2D eigenvalue weighted by Crippen LogP contribution is 2.22. The van der Waals surface area contributed by atoms with Crippen molar-refractivity contribution in [2.75, 3.05) is 37.3 Å². The Morgan fingerprint density at radius 3 is 2.28 bits per heavy atom. The third kappa shape index (κ3) is 3.00. The SMILES string of the molecule is CS(=O)(=O)N1CCN(c2nc(Cl)nnc2Cl)CC1. The summed E-state index contributed by atoms with van der Waals surface area (Å²) in [5.74, 6) is 0.435. The fourth-order valence-electron chi connectivity index (χ4n) is 1.72. The van der Waals surface area contributed by atoms with E-state index in [1.165, 1.54) is 10.6 Å². The van der Waals surface area contributed by atoms with Gasteiger partial charge in [-0.3, -0.25) is 0 Å². The topological polar surface area (TPSA) is 79.3 Å². The third-order valence-electron chi connectivity index (χ3n) is 2.61. The molecule has 0 atom stereocenters. The summed E-state index contributed by atoms with van der Waals surface area (Å²) in [7, 11) is -3.15. The highest BCUT2D eigenvalue weighted by atomic mass is 35.5. The minimum absolute atomic E-state index is 0.0138. The maximum atomic E-state index is 11.4. The van der Waals surface area contributed by atoms with Gasteiger partial charge in [0.15, 0.2) is 11.0 Å². The predicted octanol–water partition coefficient (Wildman–Crippen LogP) is 0.260. The van der Waals surface area contributed by atoms with E-state index in [1.807, 2.05) is 4.90 Å². The van der Waals surface area contributed by atoms with Gasteiger partial charge in [-0.2, -0.15) is 9.29 Å². The van der Waals surface area contributed by atoms with E-state index in [9.17, 15) is 8.42 Å². The molecule has 2 heterocycles. The van der Waals surface area contributed by atoms with Gasteiger partial charge < -0.3 is 4.90 Å². The largest absolute Gasteiger partial charge is 0.351 e. The molecule has 1 fully saturated rings. The lowest BCUT2D eigenvalue weighted by atomic mass is 10.4. The first-order chi connectivity index (χ1) is 8.38. The second-order valence-corrected chi connectivity index (χ2v) is 6.52. The van der Waals surface area contributed by atoms with Gasteiger partial charge in [0.2, 0.25) is 15.3 Å². The van der Waals surface area contributed by atoms with Crippen molar-refractivity contribution >= 4 is 39.0 Å². The van der Waals surface area contributed by atoms with E-state index < -0.39 is 10.0 Å². The van der Waals surface area contributed by atoms with Gasteiger partial charge in [0.1, 0.15) is 0 Å². The molecular formula is C8H11Cl2N5O2S. The Morgan fingerprint density at radius 1 is 1.11 bits per heavy atom. The smallest absolute Gasteiger partial charge is 0.245 e. The Bertz CT molecular complexity index is 544. The van der Waals surface area contributed by atoms with Crippen LogP contribution in [-0.2, 0) is 10.0 Å². The number of hydrogen-bond donors (Lipinski definition) is 0. The van der Waals surface area contributed by atoms with Crippen molar-refractivity contribution in [1.82, 2.24) is 19.5 Å². The lowest BCUT2D eigenvalue weighted by Crippen LogP contribution is -2.48. The molecule has 0 aliphatic carbocycles. The standard InChI is InChI=1S/C8H11Cl2N5O2S/c1-18(16,17)15-4-2-14(3-5-15)7-6(9)12-13-8(10)11-7/h2-5H2,1H3. The monoisotopic (exact) mass is 311 g/mol. The second-order valence-electron chi connectivity index (χ2n) is 3.84. The number of rotatable bonds is 2. The fraction of sp³-hybridized carbons (Fsp3) is 0.625. The molecule has 0 N–H and O–H groups in total. The minimum atomic E-state index is -3.15. The van der Waals surface area contributed by atoms with Gasteiger partial charge in [-0.05, 0) is 11.6 Å². The first-order valence-corrected chi connectivity index (χ1v) is 7.74. The van der Waals surface area contributed by atoms with E-state index in [4.69, 9.17) is 23.2 Å². The highest BCUT2D eigenvalue weighted by Gasteiger charge is 2.25. The highest BCUT2D eigenvalue weighted by molar-refractivity contribution is 7.88. The van der Waals surface area contributed by atoms with Crippen molar-refractivity contribution in [3.8, 4) is 0 Å². The molecule has 1 aliphatic rings. The number of halogens is 2. The summed E-state index contributed by atoms with van der Waals surface area (Å²) in [5, 5.41) is 7.37. The van der Waals surface area contributed by atoms with Gasteiger partial charge >= 0.3 is 0 Å². The summed E-state index contributed by atoms with van der Waals surface area (Å²) in [6.45, 7) is 1.75. The second kappa shape index (κ2) is 5.12. The van der Waals surface area contributed by atoms with Crippen molar-refractivity contribution in [3.05, 3.63) is 10.4 Å². The van der Waals surface area contributed by atoms with Gasteiger partial charge in [-0.1, -0.05) is 11.6 Å². The molecule has 0 bridgehead atoms. The summed E-state index contributed by atoms with van der Waals surface area (Å²) >= 11 is 11.5. The molecule has 0 radical (unpaired) electrons. The van der Waals surface area contributed by atoms with Crippen LogP contribution in [0.1, 0.15) is 0 Å². The first kappa shape index (κ1) is 13.7. The van der Waals surface area contributed by atoms with Crippen LogP contribution in [0.4, 0.5) is 5.82 Å². The van der Waals surface area contributed by atoms with Crippen molar-refractivity contribution in [2.45, 2.75) is 0 Å². The van der Waals surface area contributed by atoms with Crippen molar-refractivity contribution in [1.29, 1.82) is 0 Å². The average molecular weight is 312 g/mol. The third-order valence-corrected chi connectivity index (χ3v) is 4.32. The lowest BCUT2D eigenvalue weighted by Gasteiger charge is -2.33. The number of nitrogens with zero attached hydrogens (tertiary/aromatic N) is 5. The van der Waals surface area contributed by atoms with Gasteiger partial charge in [0, 0.05) is 26.2 Å². The van der Waals surface area contributed by atoms with E-state index in [-0.39, 0.29) is 10.4 Å². The number of hydrogen-bond acceptors (Lipinski definition) is 6. The normalized spacial score (nSPS) is 18.1. The van der Waals surface area contributed by atoms with Crippen molar-refractivity contribution < 1.29 is 8.42 Å². The van der Waals surface area contributed by atoms with Gasteiger partial charge in [0.05, 0.1) is 6.26 Å². The van der Waals surface area contributed by atoms with E-state index in [1.54, 1.807) is 0 Å². The summed E-state index contributed by atoms with van der Waals surface area (Å²) in [5.41, 5.74) is 0. The molecular weight excluding hydrogens is 301 g/mol. The van der Waals surface area contributed by atoms with Gasteiger partial charge in [-0.15, -0.1) is 10.2 Å². The van der Waals surface area contributed by atoms with Gasteiger partial charge in [0.25, 0.3) is 0 Å². The first-order valence-electron chi connectivity index (χ1n) is 5.14. The van der Waals surface area contributed by atoms with Crippen LogP contribution in [0.5, 0.6) is 0 Å². The summed E-state index contributed by atoms with van der Waals surface area (Å²) in [6.07, 6.45) is 1.19.